The first-order valence-electron chi connectivity index (χ1n) is 8.24. The Hall–Kier alpha value is -1.89. The van der Waals surface area contributed by atoms with E-state index in [0.29, 0.717) is 24.4 Å². The molecule has 2 heterocycles. The van der Waals surface area contributed by atoms with Crippen molar-refractivity contribution in [2.75, 3.05) is 26.6 Å². The number of ether oxygens (including phenoxy) is 2. The number of methoxy groups -OCH3 is 2. The molecule has 26 heavy (non-hydrogen) atoms. The fraction of sp³-hybridized carbons (Fsp3) is 0.368. The van der Waals surface area contributed by atoms with Crippen LogP contribution in [0.25, 0.3) is 0 Å². The molecule has 2 atom stereocenters. The van der Waals surface area contributed by atoms with Gasteiger partial charge in [-0.25, -0.2) is 4.79 Å². The average Bonchev–Trinajstić information content (AvgIpc) is 3.14. The van der Waals surface area contributed by atoms with Crippen molar-refractivity contribution in [3.63, 3.8) is 0 Å². The van der Waals surface area contributed by atoms with Gasteiger partial charge in [0.1, 0.15) is 6.04 Å². The van der Waals surface area contributed by atoms with E-state index in [2.05, 4.69) is 11.0 Å². The molecule has 0 bridgehead atoms. The number of rotatable bonds is 5. The molecule has 0 saturated carbocycles. The molecule has 1 aromatic heterocycles. The molecule has 3 rings (SSSR count). The van der Waals surface area contributed by atoms with Crippen molar-refractivity contribution in [2.45, 2.75) is 18.5 Å². The van der Waals surface area contributed by atoms with Crippen molar-refractivity contribution in [1.82, 2.24) is 4.90 Å². The highest BCUT2D eigenvalue weighted by Crippen LogP contribution is 2.41. The Balaban J connectivity index is 2.03. The van der Waals surface area contributed by atoms with Gasteiger partial charge in [0.15, 0.2) is 0 Å². The van der Waals surface area contributed by atoms with E-state index in [-0.39, 0.29) is 24.0 Å². The lowest BCUT2D eigenvalue weighted by Gasteiger charge is -2.40. The van der Waals surface area contributed by atoms with Crippen molar-refractivity contribution in [1.29, 1.82) is 0 Å². The van der Waals surface area contributed by atoms with Crippen LogP contribution in [0, 0.1) is 0 Å². The summed E-state index contributed by atoms with van der Waals surface area (Å²) in [6.45, 7) is 0.558. The van der Waals surface area contributed by atoms with Gasteiger partial charge < -0.3 is 9.47 Å². The van der Waals surface area contributed by atoms with Gasteiger partial charge in [0.2, 0.25) is 0 Å². The van der Waals surface area contributed by atoms with Crippen molar-refractivity contribution in [2.24, 2.45) is 0 Å². The summed E-state index contributed by atoms with van der Waals surface area (Å²) in [7, 11) is 2.77. The third-order valence-electron chi connectivity index (χ3n) is 4.64. The summed E-state index contributed by atoms with van der Waals surface area (Å²) in [5.74, 6) is -0.226. The fourth-order valence-electron chi connectivity index (χ4n) is 3.41. The number of hydrogen-bond donors (Lipinski definition) is 0. The average molecular weight is 394 g/mol. The number of halogens is 1. The summed E-state index contributed by atoms with van der Waals surface area (Å²) in [6.07, 6.45) is 0.610. The molecule has 0 amide bonds. The molecular formula is C19H20ClNO4S. The van der Waals surface area contributed by atoms with Gasteiger partial charge in [-0.2, -0.15) is 0 Å². The van der Waals surface area contributed by atoms with E-state index in [9.17, 15) is 9.59 Å². The second-order valence-electron chi connectivity index (χ2n) is 6.00. The number of thiophene rings is 1. The maximum absolute atomic E-state index is 12.4. The van der Waals surface area contributed by atoms with Gasteiger partial charge in [0.05, 0.1) is 25.8 Å². The van der Waals surface area contributed by atoms with E-state index in [1.165, 1.54) is 19.1 Å². The topological polar surface area (TPSA) is 55.8 Å². The predicted molar refractivity (Wildman–Crippen MR) is 101 cm³/mol. The van der Waals surface area contributed by atoms with Crippen LogP contribution in [0.5, 0.6) is 0 Å². The maximum atomic E-state index is 12.4. The monoisotopic (exact) mass is 393 g/mol. The molecule has 7 heteroatoms. The zero-order valence-corrected chi connectivity index (χ0v) is 16.2. The van der Waals surface area contributed by atoms with E-state index in [1.54, 1.807) is 23.5 Å². The number of alkyl halides is 1. The van der Waals surface area contributed by atoms with E-state index in [0.717, 1.165) is 11.1 Å². The molecule has 5 nitrogen and oxygen atoms in total. The summed E-state index contributed by atoms with van der Waals surface area (Å²) in [5.41, 5.74) is 2.64. The first kappa shape index (κ1) is 18.9. The van der Waals surface area contributed by atoms with Gasteiger partial charge in [-0.1, -0.05) is 12.1 Å². The van der Waals surface area contributed by atoms with Crippen LogP contribution in [-0.4, -0.2) is 49.5 Å². The minimum absolute atomic E-state index is 0.103. The van der Waals surface area contributed by atoms with E-state index >= 15 is 0 Å². The van der Waals surface area contributed by atoms with Crippen LogP contribution in [0.1, 0.15) is 32.4 Å². The number of benzene rings is 1. The predicted octanol–water partition coefficient (Wildman–Crippen LogP) is 3.26. The minimum atomic E-state index is -0.383. The van der Waals surface area contributed by atoms with E-state index in [1.807, 2.05) is 17.5 Å². The van der Waals surface area contributed by atoms with Gasteiger partial charge in [0.25, 0.3) is 0 Å². The van der Waals surface area contributed by atoms with Crippen molar-refractivity contribution < 1.29 is 19.1 Å². The van der Waals surface area contributed by atoms with Crippen molar-refractivity contribution in [3.8, 4) is 0 Å². The van der Waals surface area contributed by atoms with E-state index < -0.39 is 0 Å². The summed E-state index contributed by atoms with van der Waals surface area (Å²) in [5, 5.41) is 2.04. The van der Waals surface area contributed by atoms with Gasteiger partial charge in [-0.3, -0.25) is 9.69 Å². The smallest absolute Gasteiger partial charge is 0.337 e. The first-order chi connectivity index (χ1) is 12.6. The molecule has 0 aliphatic carbocycles. The maximum Gasteiger partial charge on any atom is 0.337 e. The molecule has 0 saturated heterocycles. The number of carbonyl (C=O) groups excluding carboxylic acids is 2. The lowest BCUT2D eigenvalue weighted by molar-refractivity contribution is -0.148. The summed E-state index contributed by atoms with van der Waals surface area (Å²) >= 11 is 7.70. The first-order valence-corrected chi connectivity index (χ1v) is 9.66. The van der Waals surface area contributed by atoms with Crippen LogP contribution in [0.4, 0.5) is 0 Å². The van der Waals surface area contributed by atoms with Crippen LogP contribution in [0.3, 0.4) is 0 Å². The number of carbonyl (C=O) groups is 2. The molecule has 0 radical (unpaired) electrons. The third-order valence-corrected chi connectivity index (χ3v) is 5.82. The normalized spacial score (nSPS) is 19.7. The van der Waals surface area contributed by atoms with Crippen molar-refractivity contribution >= 4 is 34.9 Å². The summed E-state index contributed by atoms with van der Waals surface area (Å²) < 4.78 is 9.79. The Bertz CT molecular complexity index is 789. The van der Waals surface area contributed by atoms with Gasteiger partial charge in [0, 0.05) is 17.3 Å². The van der Waals surface area contributed by atoms with Gasteiger partial charge >= 0.3 is 11.9 Å². The standard InChI is InChI=1S/C19H20ClNO4S/c1-24-18(22)13-5-3-12(4-6-13)16-17-14(7-10-26-17)11-15(19(23)25-2)21(16)9-8-20/h3-7,10,15-16H,8-9,11H2,1-2H3/t15-,16+/m1/s1. The lowest BCUT2D eigenvalue weighted by atomic mass is 9.90. The molecule has 0 N–H and O–H groups in total. The molecule has 0 unspecified atom stereocenters. The van der Waals surface area contributed by atoms with Crippen LogP contribution >= 0.6 is 22.9 Å². The lowest BCUT2D eigenvalue weighted by Crippen LogP contribution is -2.49. The van der Waals surface area contributed by atoms with Crippen LogP contribution in [0.2, 0.25) is 0 Å². The molecule has 1 aliphatic heterocycles. The van der Waals surface area contributed by atoms with Gasteiger partial charge in [-0.05, 0) is 41.1 Å². The molecule has 0 fully saturated rings. The van der Waals surface area contributed by atoms with Crippen LogP contribution < -0.4 is 0 Å². The zero-order chi connectivity index (χ0) is 18.7. The molecule has 2 aromatic rings. The number of fused-ring (bicyclic) bond motifs is 1. The highest BCUT2D eigenvalue weighted by Gasteiger charge is 2.39. The Morgan fingerprint density at radius 3 is 2.54 bits per heavy atom. The Morgan fingerprint density at radius 2 is 1.92 bits per heavy atom. The quantitative estimate of drug-likeness (QED) is 0.576. The highest BCUT2D eigenvalue weighted by atomic mass is 35.5. The Kier molecular flexibility index (Phi) is 5.96. The SMILES string of the molecule is COC(=O)c1ccc([C@H]2c3sccc3C[C@H](C(=O)OC)N2CCCl)cc1. The number of esters is 2. The van der Waals surface area contributed by atoms with E-state index in [4.69, 9.17) is 21.1 Å². The Morgan fingerprint density at radius 1 is 1.19 bits per heavy atom. The largest absolute Gasteiger partial charge is 0.468 e. The second-order valence-corrected chi connectivity index (χ2v) is 7.32. The summed E-state index contributed by atoms with van der Waals surface area (Å²) in [4.78, 5) is 27.4. The van der Waals surface area contributed by atoms with Crippen LogP contribution in [-0.2, 0) is 20.7 Å². The molecule has 1 aromatic carbocycles. The number of hydrogen-bond acceptors (Lipinski definition) is 6. The highest BCUT2D eigenvalue weighted by molar-refractivity contribution is 7.10. The molecule has 138 valence electrons. The van der Waals surface area contributed by atoms with Crippen LogP contribution in [0.15, 0.2) is 35.7 Å². The number of nitrogens with zero attached hydrogens (tertiary/aromatic N) is 1. The summed E-state index contributed by atoms with van der Waals surface area (Å²) in [6, 6.07) is 8.87. The zero-order valence-electron chi connectivity index (χ0n) is 14.6. The molecular weight excluding hydrogens is 374 g/mol. The molecule has 0 spiro atoms. The van der Waals surface area contributed by atoms with Crippen molar-refractivity contribution in [3.05, 3.63) is 57.3 Å². The third kappa shape index (κ3) is 3.49. The second kappa shape index (κ2) is 8.20. The fourth-order valence-corrected chi connectivity index (χ4v) is 4.69. The Labute approximate surface area is 161 Å². The molecule has 1 aliphatic rings. The minimum Gasteiger partial charge on any atom is -0.468 e. The van der Waals surface area contributed by atoms with Gasteiger partial charge in [-0.15, -0.1) is 22.9 Å².